The standard InChI is InChI=1S/C19H25FN4O/c1-12-10-23(11-13(2)21-12)19(25)9-18-14(3)22-24(15(18)4)17-7-5-16(20)6-8-17/h5-8,12-13,21H,9-11H2,1-4H3/t12-,13-/m0/s1. The van der Waals surface area contributed by atoms with Gasteiger partial charge in [-0.15, -0.1) is 0 Å². The molecule has 2 heterocycles. The molecule has 0 aliphatic carbocycles. The largest absolute Gasteiger partial charge is 0.339 e. The molecule has 0 unspecified atom stereocenters. The van der Waals surface area contributed by atoms with Crippen LogP contribution in [0.1, 0.15) is 30.8 Å². The molecule has 0 saturated carbocycles. The van der Waals surface area contributed by atoms with Gasteiger partial charge in [0.1, 0.15) is 5.82 Å². The molecule has 1 aromatic carbocycles. The van der Waals surface area contributed by atoms with Gasteiger partial charge in [-0.1, -0.05) is 0 Å². The molecule has 5 nitrogen and oxygen atoms in total. The molecule has 2 atom stereocenters. The van der Waals surface area contributed by atoms with Gasteiger partial charge in [-0.05, 0) is 52.0 Å². The molecule has 1 aliphatic heterocycles. The second-order valence-electron chi connectivity index (χ2n) is 6.98. The van der Waals surface area contributed by atoms with Crippen LogP contribution >= 0.6 is 0 Å². The van der Waals surface area contributed by atoms with E-state index in [1.54, 1.807) is 16.8 Å². The Bertz CT molecular complexity index is 758. The van der Waals surface area contributed by atoms with Crippen LogP contribution in [0.2, 0.25) is 0 Å². The number of benzene rings is 1. The molecule has 1 saturated heterocycles. The highest BCUT2D eigenvalue weighted by molar-refractivity contribution is 5.79. The summed E-state index contributed by atoms with van der Waals surface area (Å²) in [5.41, 5.74) is 3.51. The second kappa shape index (κ2) is 6.96. The molecule has 134 valence electrons. The number of aryl methyl sites for hydroxylation is 1. The summed E-state index contributed by atoms with van der Waals surface area (Å²) in [6.45, 7) is 9.52. The van der Waals surface area contributed by atoms with Crippen molar-refractivity contribution < 1.29 is 9.18 Å². The summed E-state index contributed by atoms with van der Waals surface area (Å²) in [6, 6.07) is 6.83. The van der Waals surface area contributed by atoms with E-state index in [-0.39, 0.29) is 11.7 Å². The Balaban J connectivity index is 1.81. The first-order valence-electron chi connectivity index (χ1n) is 8.70. The Morgan fingerprint density at radius 2 is 1.80 bits per heavy atom. The van der Waals surface area contributed by atoms with Crippen LogP contribution in [-0.4, -0.2) is 45.8 Å². The summed E-state index contributed by atoms with van der Waals surface area (Å²) in [5, 5.41) is 7.99. The Morgan fingerprint density at radius 1 is 1.20 bits per heavy atom. The number of aromatic nitrogens is 2. The van der Waals surface area contributed by atoms with Crippen molar-refractivity contribution in [1.29, 1.82) is 0 Å². The molecule has 0 bridgehead atoms. The second-order valence-corrected chi connectivity index (χ2v) is 6.98. The normalized spacial score (nSPS) is 20.8. The minimum absolute atomic E-state index is 0.130. The van der Waals surface area contributed by atoms with E-state index in [2.05, 4.69) is 24.3 Å². The average Bonchev–Trinajstić information content (AvgIpc) is 2.83. The number of halogens is 1. The maximum atomic E-state index is 13.1. The predicted molar refractivity (Wildman–Crippen MR) is 95.3 cm³/mol. The van der Waals surface area contributed by atoms with Crippen LogP contribution in [0, 0.1) is 19.7 Å². The third kappa shape index (κ3) is 3.74. The van der Waals surface area contributed by atoms with Crippen molar-refractivity contribution in [3.05, 3.63) is 47.0 Å². The average molecular weight is 344 g/mol. The van der Waals surface area contributed by atoms with Crippen molar-refractivity contribution in [2.45, 2.75) is 46.2 Å². The first-order valence-corrected chi connectivity index (χ1v) is 8.70. The SMILES string of the molecule is Cc1nn(-c2ccc(F)cc2)c(C)c1CC(=O)N1C[C@H](C)N[C@@H](C)C1. The third-order valence-corrected chi connectivity index (χ3v) is 4.75. The van der Waals surface area contributed by atoms with Crippen molar-refractivity contribution in [1.82, 2.24) is 20.0 Å². The van der Waals surface area contributed by atoms with Gasteiger partial charge in [-0.2, -0.15) is 5.10 Å². The molecule has 0 spiro atoms. The fourth-order valence-corrected chi connectivity index (χ4v) is 3.56. The van der Waals surface area contributed by atoms with E-state index in [1.165, 1.54) is 12.1 Å². The minimum atomic E-state index is -0.275. The van der Waals surface area contributed by atoms with E-state index in [1.807, 2.05) is 18.7 Å². The number of amides is 1. The molecule has 3 rings (SSSR count). The van der Waals surface area contributed by atoms with E-state index >= 15 is 0 Å². The van der Waals surface area contributed by atoms with Gasteiger partial charge in [0.25, 0.3) is 0 Å². The summed E-state index contributed by atoms with van der Waals surface area (Å²) in [5.74, 6) is -0.146. The van der Waals surface area contributed by atoms with Crippen LogP contribution in [-0.2, 0) is 11.2 Å². The first kappa shape index (κ1) is 17.6. The summed E-state index contributed by atoms with van der Waals surface area (Å²) in [6.07, 6.45) is 0.346. The zero-order chi connectivity index (χ0) is 18.1. The van der Waals surface area contributed by atoms with Gasteiger partial charge in [0.05, 0.1) is 17.8 Å². The Morgan fingerprint density at radius 3 is 2.40 bits per heavy atom. The van der Waals surface area contributed by atoms with Gasteiger partial charge in [-0.25, -0.2) is 9.07 Å². The van der Waals surface area contributed by atoms with Gasteiger partial charge < -0.3 is 10.2 Å². The number of carbonyl (C=O) groups is 1. The molecular weight excluding hydrogens is 319 g/mol. The highest BCUT2D eigenvalue weighted by Gasteiger charge is 2.26. The van der Waals surface area contributed by atoms with Crippen molar-refractivity contribution >= 4 is 5.91 Å². The minimum Gasteiger partial charge on any atom is -0.339 e. The smallest absolute Gasteiger partial charge is 0.227 e. The van der Waals surface area contributed by atoms with Gasteiger partial charge in [0.15, 0.2) is 0 Å². The lowest BCUT2D eigenvalue weighted by molar-refractivity contribution is -0.132. The highest BCUT2D eigenvalue weighted by Crippen LogP contribution is 2.20. The van der Waals surface area contributed by atoms with E-state index < -0.39 is 0 Å². The Kier molecular flexibility index (Phi) is 4.90. The van der Waals surface area contributed by atoms with Gasteiger partial charge in [0.2, 0.25) is 5.91 Å². The number of rotatable bonds is 3. The molecule has 25 heavy (non-hydrogen) atoms. The van der Waals surface area contributed by atoms with Crippen LogP contribution in [0.4, 0.5) is 4.39 Å². The lowest BCUT2D eigenvalue weighted by Gasteiger charge is -2.36. The molecule has 1 aliphatic rings. The molecule has 2 aromatic rings. The maximum absolute atomic E-state index is 13.1. The Labute approximate surface area is 147 Å². The highest BCUT2D eigenvalue weighted by atomic mass is 19.1. The molecule has 6 heteroatoms. The predicted octanol–water partition coefficient (Wildman–Crippen LogP) is 2.38. The van der Waals surface area contributed by atoms with Crippen LogP contribution in [0.5, 0.6) is 0 Å². The number of hydrogen-bond acceptors (Lipinski definition) is 3. The molecule has 1 N–H and O–H groups in total. The van der Waals surface area contributed by atoms with Crippen LogP contribution in [0.15, 0.2) is 24.3 Å². The number of piperazine rings is 1. The summed E-state index contributed by atoms with van der Waals surface area (Å²) in [4.78, 5) is 14.7. The summed E-state index contributed by atoms with van der Waals surface area (Å²) in [7, 11) is 0. The summed E-state index contributed by atoms with van der Waals surface area (Å²) < 4.78 is 14.9. The fraction of sp³-hybridized carbons (Fsp3) is 0.474. The van der Waals surface area contributed by atoms with Crippen LogP contribution < -0.4 is 5.32 Å². The van der Waals surface area contributed by atoms with E-state index in [0.29, 0.717) is 18.5 Å². The van der Waals surface area contributed by atoms with E-state index in [0.717, 1.165) is 35.7 Å². The number of carbonyl (C=O) groups excluding carboxylic acids is 1. The van der Waals surface area contributed by atoms with E-state index in [9.17, 15) is 9.18 Å². The fourth-order valence-electron chi connectivity index (χ4n) is 3.56. The van der Waals surface area contributed by atoms with Crippen LogP contribution in [0.3, 0.4) is 0 Å². The molecule has 1 aromatic heterocycles. The van der Waals surface area contributed by atoms with Gasteiger partial charge in [0, 0.05) is 36.4 Å². The lowest BCUT2D eigenvalue weighted by atomic mass is 10.1. The zero-order valence-electron chi connectivity index (χ0n) is 15.2. The van der Waals surface area contributed by atoms with Crippen LogP contribution in [0.25, 0.3) is 5.69 Å². The van der Waals surface area contributed by atoms with Crippen molar-refractivity contribution in [2.24, 2.45) is 0 Å². The quantitative estimate of drug-likeness (QED) is 0.930. The van der Waals surface area contributed by atoms with Crippen molar-refractivity contribution in [3.8, 4) is 5.69 Å². The number of nitrogens with one attached hydrogen (secondary N) is 1. The van der Waals surface area contributed by atoms with Gasteiger partial charge in [-0.3, -0.25) is 4.79 Å². The molecule has 0 radical (unpaired) electrons. The molecular formula is C19H25FN4O. The Hall–Kier alpha value is -2.21. The molecule has 1 fully saturated rings. The lowest BCUT2D eigenvalue weighted by Crippen LogP contribution is -2.56. The van der Waals surface area contributed by atoms with E-state index in [4.69, 9.17) is 0 Å². The maximum Gasteiger partial charge on any atom is 0.227 e. The monoisotopic (exact) mass is 344 g/mol. The third-order valence-electron chi connectivity index (χ3n) is 4.75. The first-order chi connectivity index (χ1) is 11.8. The summed E-state index contributed by atoms with van der Waals surface area (Å²) >= 11 is 0. The topological polar surface area (TPSA) is 50.2 Å². The number of nitrogens with zero attached hydrogens (tertiary/aromatic N) is 3. The number of hydrogen-bond donors (Lipinski definition) is 1. The molecule has 1 amide bonds. The van der Waals surface area contributed by atoms with Gasteiger partial charge >= 0.3 is 0 Å². The van der Waals surface area contributed by atoms with Crippen molar-refractivity contribution in [2.75, 3.05) is 13.1 Å². The van der Waals surface area contributed by atoms with Crippen molar-refractivity contribution in [3.63, 3.8) is 0 Å². The zero-order valence-corrected chi connectivity index (χ0v) is 15.2.